The standard InChI is InChI=1S/C27H27FN2O4/c1-31-24-9-5-7-18(26(24)33-3)11-14-20-17-23(22-8-6-10-25(32-2)27(22)34-4)30(29-20)21-15-12-19(28)13-16-21/h5-17,23,29H,1-4H3/b14-11+/t23-/m1/s1. The lowest BCUT2D eigenvalue weighted by molar-refractivity contribution is 0.350. The fraction of sp³-hybridized carbons (Fsp3) is 0.185. The summed E-state index contributed by atoms with van der Waals surface area (Å²) in [6.07, 6.45) is 5.98. The molecule has 0 aromatic heterocycles. The van der Waals surface area contributed by atoms with Crippen LogP contribution < -0.4 is 29.4 Å². The van der Waals surface area contributed by atoms with Crippen LogP contribution in [0.1, 0.15) is 17.2 Å². The second-order valence-electron chi connectivity index (χ2n) is 7.52. The van der Waals surface area contributed by atoms with Crippen LogP contribution in [0.25, 0.3) is 6.08 Å². The Bertz CT molecular complexity index is 1210. The highest BCUT2D eigenvalue weighted by molar-refractivity contribution is 5.65. The smallest absolute Gasteiger partial charge is 0.167 e. The van der Waals surface area contributed by atoms with E-state index in [4.69, 9.17) is 18.9 Å². The van der Waals surface area contributed by atoms with E-state index < -0.39 is 0 Å². The molecule has 0 fully saturated rings. The van der Waals surface area contributed by atoms with Gasteiger partial charge in [-0.3, -0.25) is 10.4 Å². The summed E-state index contributed by atoms with van der Waals surface area (Å²) in [7, 11) is 6.45. The molecule has 4 rings (SSSR count). The highest BCUT2D eigenvalue weighted by Gasteiger charge is 2.29. The summed E-state index contributed by atoms with van der Waals surface area (Å²) in [5.41, 5.74) is 6.85. The van der Waals surface area contributed by atoms with Crippen molar-refractivity contribution >= 4 is 11.8 Å². The number of nitrogens with zero attached hydrogens (tertiary/aromatic N) is 1. The number of rotatable bonds is 8. The number of nitrogens with one attached hydrogen (secondary N) is 1. The number of halogens is 1. The Morgan fingerprint density at radius 3 is 2.06 bits per heavy atom. The summed E-state index contributed by atoms with van der Waals surface area (Å²) in [5.74, 6) is 2.29. The fourth-order valence-corrected chi connectivity index (χ4v) is 4.01. The molecule has 0 saturated heterocycles. The molecule has 176 valence electrons. The van der Waals surface area contributed by atoms with Crippen LogP contribution in [0, 0.1) is 5.82 Å². The zero-order chi connectivity index (χ0) is 24.1. The van der Waals surface area contributed by atoms with Crippen LogP contribution in [0.4, 0.5) is 10.1 Å². The lowest BCUT2D eigenvalue weighted by Gasteiger charge is -2.28. The normalized spacial score (nSPS) is 15.1. The van der Waals surface area contributed by atoms with Gasteiger partial charge in [-0.15, -0.1) is 0 Å². The van der Waals surface area contributed by atoms with Gasteiger partial charge < -0.3 is 18.9 Å². The van der Waals surface area contributed by atoms with Crippen LogP contribution in [-0.4, -0.2) is 28.4 Å². The van der Waals surface area contributed by atoms with Crippen LogP contribution >= 0.6 is 0 Å². The predicted octanol–water partition coefficient (Wildman–Crippen LogP) is 5.52. The Morgan fingerprint density at radius 2 is 1.41 bits per heavy atom. The van der Waals surface area contributed by atoms with E-state index in [9.17, 15) is 4.39 Å². The summed E-state index contributed by atoms with van der Waals surface area (Å²) >= 11 is 0. The number of hydrogen-bond acceptors (Lipinski definition) is 6. The number of ether oxygens (including phenoxy) is 4. The van der Waals surface area contributed by atoms with E-state index in [1.165, 1.54) is 12.1 Å². The van der Waals surface area contributed by atoms with E-state index >= 15 is 0 Å². The van der Waals surface area contributed by atoms with E-state index in [2.05, 4.69) is 11.5 Å². The Labute approximate surface area is 198 Å². The van der Waals surface area contributed by atoms with Crippen molar-refractivity contribution in [2.45, 2.75) is 6.04 Å². The van der Waals surface area contributed by atoms with Gasteiger partial charge in [0.25, 0.3) is 0 Å². The summed E-state index contributed by atoms with van der Waals surface area (Å²) in [6, 6.07) is 17.6. The van der Waals surface area contributed by atoms with Crippen molar-refractivity contribution in [2.24, 2.45) is 0 Å². The maximum Gasteiger partial charge on any atom is 0.167 e. The van der Waals surface area contributed by atoms with Gasteiger partial charge in [0, 0.05) is 11.1 Å². The zero-order valence-electron chi connectivity index (χ0n) is 19.5. The SMILES string of the molecule is COc1cccc(/C=C/C2=C[C@H](c3cccc(OC)c3OC)N(c3ccc(F)cc3)N2)c1OC. The lowest BCUT2D eigenvalue weighted by Crippen LogP contribution is -2.34. The first kappa shape index (κ1) is 23.0. The molecule has 1 heterocycles. The van der Waals surface area contributed by atoms with E-state index in [0.29, 0.717) is 23.0 Å². The van der Waals surface area contributed by atoms with Crippen LogP contribution in [0.2, 0.25) is 0 Å². The minimum absolute atomic E-state index is 0.234. The molecule has 6 nitrogen and oxygen atoms in total. The van der Waals surface area contributed by atoms with Gasteiger partial charge in [0.1, 0.15) is 5.82 Å². The molecule has 34 heavy (non-hydrogen) atoms. The van der Waals surface area contributed by atoms with Crippen LogP contribution in [0.5, 0.6) is 23.0 Å². The molecule has 7 heteroatoms. The largest absolute Gasteiger partial charge is 0.493 e. The first-order valence-corrected chi connectivity index (χ1v) is 10.7. The van der Waals surface area contributed by atoms with Gasteiger partial charge in [-0.05, 0) is 54.6 Å². The Balaban J connectivity index is 1.74. The molecule has 0 aliphatic carbocycles. The van der Waals surface area contributed by atoms with Crippen LogP contribution in [0.15, 0.2) is 78.5 Å². The fourth-order valence-electron chi connectivity index (χ4n) is 4.01. The molecular formula is C27H27FN2O4. The number of para-hydroxylation sites is 2. The van der Waals surface area contributed by atoms with Crippen molar-refractivity contribution in [2.75, 3.05) is 33.4 Å². The number of allylic oxidation sites excluding steroid dienone is 1. The van der Waals surface area contributed by atoms with Crippen molar-refractivity contribution in [3.05, 3.63) is 95.5 Å². The molecule has 1 atom stereocenters. The minimum atomic E-state index is -0.295. The Kier molecular flexibility index (Phi) is 6.92. The van der Waals surface area contributed by atoms with Gasteiger partial charge in [0.05, 0.1) is 45.9 Å². The maximum absolute atomic E-state index is 13.6. The molecular weight excluding hydrogens is 435 g/mol. The zero-order valence-corrected chi connectivity index (χ0v) is 19.5. The molecule has 0 spiro atoms. The van der Waals surface area contributed by atoms with Gasteiger partial charge in [-0.25, -0.2) is 4.39 Å². The number of benzene rings is 3. The average Bonchev–Trinajstić information content (AvgIpc) is 3.30. The topological polar surface area (TPSA) is 52.2 Å². The molecule has 0 unspecified atom stereocenters. The maximum atomic E-state index is 13.6. The van der Waals surface area contributed by atoms with Gasteiger partial charge >= 0.3 is 0 Å². The number of hydrogen-bond donors (Lipinski definition) is 1. The summed E-state index contributed by atoms with van der Waals surface area (Å²) in [5, 5.41) is 1.96. The van der Waals surface area contributed by atoms with Crippen molar-refractivity contribution in [3.63, 3.8) is 0 Å². The summed E-state index contributed by atoms with van der Waals surface area (Å²) in [6.45, 7) is 0. The Morgan fingerprint density at radius 1 is 0.765 bits per heavy atom. The molecule has 1 N–H and O–H groups in total. The summed E-state index contributed by atoms with van der Waals surface area (Å²) < 4.78 is 35.7. The predicted molar refractivity (Wildman–Crippen MR) is 131 cm³/mol. The van der Waals surface area contributed by atoms with Crippen molar-refractivity contribution in [3.8, 4) is 23.0 Å². The van der Waals surface area contributed by atoms with Crippen molar-refractivity contribution in [1.29, 1.82) is 0 Å². The molecule has 0 radical (unpaired) electrons. The summed E-state index contributed by atoms with van der Waals surface area (Å²) in [4.78, 5) is 0. The van der Waals surface area contributed by atoms with Crippen molar-refractivity contribution < 1.29 is 23.3 Å². The number of hydrazine groups is 1. The molecule has 1 aliphatic heterocycles. The number of methoxy groups -OCH3 is 4. The Hall–Kier alpha value is -4.13. The van der Waals surface area contributed by atoms with Gasteiger partial charge in [0.15, 0.2) is 23.0 Å². The third-order valence-electron chi connectivity index (χ3n) is 5.60. The first-order chi connectivity index (χ1) is 16.6. The van der Waals surface area contributed by atoms with Gasteiger partial charge in [0.2, 0.25) is 0 Å². The quantitative estimate of drug-likeness (QED) is 0.476. The highest BCUT2D eigenvalue weighted by Crippen LogP contribution is 2.41. The third kappa shape index (κ3) is 4.50. The van der Waals surface area contributed by atoms with Crippen LogP contribution in [0.3, 0.4) is 0 Å². The van der Waals surface area contributed by atoms with E-state index in [-0.39, 0.29) is 11.9 Å². The van der Waals surface area contributed by atoms with Crippen LogP contribution in [-0.2, 0) is 0 Å². The van der Waals surface area contributed by atoms with E-state index in [0.717, 1.165) is 22.5 Å². The number of anilines is 1. The molecule has 0 saturated carbocycles. The van der Waals surface area contributed by atoms with Gasteiger partial charge in [-0.1, -0.05) is 24.3 Å². The molecule has 0 bridgehead atoms. The third-order valence-corrected chi connectivity index (χ3v) is 5.60. The lowest BCUT2D eigenvalue weighted by atomic mass is 10.0. The second kappa shape index (κ2) is 10.2. The molecule has 0 amide bonds. The minimum Gasteiger partial charge on any atom is -0.493 e. The monoisotopic (exact) mass is 462 g/mol. The molecule has 3 aromatic rings. The average molecular weight is 463 g/mol. The van der Waals surface area contributed by atoms with E-state index in [1.54, 1.807) is 40.6 Å². The van der Waals surface area contributed by atoms with Crippen molar-refractivity contribution in [1.82, 2.24) is 5.43 Å². The van der Waals surface area contributed by atoms with E-state index in [1.807, 2.05) is 53.6 Å². The first-order valence-electron chi connectivity index (χ1n) is 10.7. The molecule has 3 aromatic carbocycles. The second-order valence-corrected chi connectivity index (χ2v) is 7.52. The molecule has 1 aliphatic rings. The van der Waals surface area contributed by atoms with Gasteiger partial charge in [-0.2, -0.15) is 0 Å². The highest BCUT2D eigenvalue weighted by atomic mass is 19.1.